The highest BCUT2D eigenvalue weighted by Crippen LogP contribution is 2.25. The molecule has 1 aromatic rings. The standard InChI is InChI=1S/C18H21F6NO4/c19-14(10-4-2-1-3-7-11-17(20,21)22)18(23,24)25-29-16(28)13-9-6-5-8-12(13)15(26)27/h5-6,8-9,14,25H,1-4,7,10-11H2,(H,26,27). The SMILES string of the molecule is O=C(O)c1ccccc1C(=O)ONC(F)(F)C(F)CCCCCCCC(F)(F)F. The molecule has 5 nitrogen and oxygen atoms in total. The molecule has 0 aliphatic rings. The minimum absolute atomic E-state index is 0.0141. The van der Waals surface area contributed by atoms with E-state index >= 15 is 0 Å². The molecular weight excluding hydrogens is 408 g/mol. The minimum Gasteiger partial charge on any atom is -0.478 e. The molecule has 0 spiro atoms. The zero-order valence-electron chi connectivity index (χ0n) is 15.3. The lowest BCUT2D eigenvalue weighted by Gasteiger charge is -2.21. The molecule has 0 heterocycles. The second kappa shape index (κ2) is 11.0. The molecule has 1 aromatic carbocycles. The van der Waals surface area contributed by atoms with Gasteiger partial charge in [-0.25, -0.2) is 14.0 Å². The Bertz CT molecular complexity index is 681. The number of benzene rings is 1. The Morgan fingerprint density at radius 2 is 1.52 bits per heavy atom. The van der Waals surface area contributed by atoms with E-state index in [0.29, 0.717) is 6.42 Å². The number of aromatic carboxylic acids is 1. The summed E-state index contributed by atoms with van der Waals surface area (Å²) < 4.78 is 77.0. The first-order chi connectivity index (χ1) is 13.4. The first kappa shape index (κ1) is 24.7. The van der Waals surface area contributed by atoms with Gasteiger partial charge in [0, 0.05) is 6.42 Å². The summed E-state index contributed by atoms with van der Waals surface area (Å²) >= 11 is 0. The van der Waals surface area contributed by atoms with Crippen LogP contribution in [-0.2, 0) is 4.84 Å². The van der Waals surface area contributed by atoms with Crippen LogP contribution in [0.5, 0.6) is 0 Å². The largest absolute Gasteiger partial charge is 0.478 e. The van der Waals surface area contributed by atoms with Crippen molar-refractivity contribution in [2.24, 2.45) is 0 Å². The van der Waals surface area contributed by atoms with Crippen molar-refractivity contribution in [2.75, 3.05) is 0 Å². The highest BCUT2D eigenvalue weighted by Gasteiger charge is 2.41. The van der Waals surface area contributed by atoms with E-state index in [0.717, 1.165) is 17.6 Å². The molecule has 0 saturated heterocycles. The first-order valence-electron chi connectivity index (χ1n) is 8.83. The number of carboxylic acid groups (broad SMARTS) is 1. The zero-order chi connectivity index (χ0) is 22.1. The number of carbonyl (C=O) groups excluding carboxylic acids is 1. The third kappa shape index (κ3) is 9.16. The molecule has 1 atom stereocenters. The number of nitrogens with one attached hydrogen (secondary N) is 1. The molecule has 2 N–H and O–H groups in total. The molecule has 29 heavy (non-hydrogen) atoms. The van der Waals surface area contributed by atoms with E-state index in [1.54, 1.807) is 0 Å². The van der Waals surface area contributed by atoms with Crippen molar-refractivity contribution in [3.05, 3.63) is 35.4 Å². The molecular formula is C18H21F6NO4. The van der Waals surface area contributed by atoms with Crippen LogP contribution in [0, 0.1) is 0 Å². The number of rotatable bonds is 12. The monoisotopic (exact) mass is 429 g/mol. The predicted octanol–water partition coefficient (Wildman–Crippen LogP) is 5.27. The van der Waals surface area contributed by atoms with Crippen molar-refractivity contribution >= 4 is 11.9 Å². The third-order valence-electron chi connectivity index (χ3n) is 3.97. The van der Waals surface area contributed by atoms with Crippen LogP contribution in [0.15, 0.2) is 24.3 Å². The van der Waals surface area contributed by atoms with Crippen LogP contribution < -0.4 is 5.48 Å². The van der Waals surface area contributed by atoms with Gasteiger partial charge in [-0.2, -0.15) is 22.0 Å². The molecule has 1 unspecified atom stereocenters. The van der Waals surface area contributed by atoms with E-state index in [-0.39, 0.29) is 25.7 Å². The van der Waals surface area contributed by atoms with Crippen LogP contribution in [0.2, 0.25) is 0 Å². The maximum Gasteiger partial charge on any atom is 0.389 e. The smallest absolute Gasteiger partial charge is 0.389 e. The maximum absolute atomic E-state index is 13.7. The van der Waals surface area contributed by atoms with Crippen LogP contribution in [0.3, 0.4) is 0 Å². The van der Waals surface area contributed by atoms with Crippen LogP contribution in [0.4, 0.5) is 26.3 Å². The third-order valence-corrected chi connectivity index (χ3v) is 3.97. The zero-order valence-corrected chi connectivity index (χ0v) is 15.3. The number of hydrogen-bond acceptors (Lipinski definition) is 4. The summed E-state index contributed by atoms with van der Waals surface area (Å²) in [5.74, 6) is -2.89. The number of carboxylic acids is 1. The summed E-state index contributed by atoms with van der Waals surface area (Å²) in [6.45, 7) is 0. The van der Waals surface area contributed by atoms with Gasteiger partial charge in [0.25, 0.3) is 0 Å². The summed E-state index contributed by atoms with van der Waals surface area (Å²) in [6.07, 6.45) is -7.64. The van der Waals surface area contributed by atoms with Gasteiger partial charge < -0.3 is 9.94 Å². The van der Waals surface area contributed by atoms with Crippen LogP contribution in [-0.4, -0.2) is 35.4 Å². The number of hydroxylamine groups is 1. The summed E-state index contributed by atoms with van der Waals surface area (Å²) in [7, 11) is 0. The fraction of sp³-hybridized carbons (Fsp3) is 0.556. The molecule has 0 aliphatic heterocycles. The Kier molecular flexibility index (Phi) is 9.41. The molecule has 0 bridgehead atoms. The van der Waals surface area contributed by atoms with Gasteiger partial charge in [-0.3, -0.25) is 0 Å². The lowest BCUT2D eigenvalue weighted by molar-refractivity contribution is -0.174. The average molecular weight is 429 g/mol. The fourth-order valence-corrected chi connectivity index (χ4v) is 2.44. The van der Waals surface area contributed by atoms with Gasteiger partial charge >= 0.3 is 24.2 Å². The van der Waals surface area contributed by atoms with E-state index < -0.39 is 54.3 Å². The average Bonchev–Trinajstić information content (AvgIpc) is 2.64. The van der Waals surface area contributed by atoms with E-state index in [9.17, 15) is 35.9 Å². The summed E-state index contributed by atoms with van der Waals surface area (Å²) in [5, 5.41) is 8.95. The van der Waals surface area contributed by atoms with Crippen LogP contribution >= 0.6 is 0 Å². The van der Waals surface area contributed by atoms with Gasteiger partial charge in [0.2, 0.25) is 0 Å². The van der Waals surface area contributed by atoms with E-state index in [1.165, 1.54) is 12.1 Å². The Labute approximate surface area is 163 Å². The molecule has 1 rings (SSSR count). The molecule has 0 aliphatic carbocycles. The lowest BCUT2D eigenvalue weighted by atomic mass is 10.1. The van der Waals surface area contributed by atoms with Gasteiger partial charge in [0.1, 0.15) is 0 Å². The Balaban J connectivity index is 2.38. The van der Waals surface area contributed by atoms with Crippen LogP contribution in [0.1, 0.15) is 65.7 Å². The van der Waals surface area contributed by atoms with Gasteiger partial charge in [0.05, 0.1) is 11.1 Å². The van der Waals surface area contributed by atoms with Crippen molar-refractivity contribution < 1.29 is 45.9 Å². The second-order valence-electron chi connectivity index (χ2n) is 6.35. The molecule has 0 radical (unpaired) electrons. The molecule has 0 amide bonds. The highest BCUT2D eigenvalue weighted by atomic mass is 19.4. The normalized spacial score (nSPS) is 13.2. The molecule has 0 aromatic heterocycles. The number of alkyl halides is 6. The van der Waals surface area contributed by atoms with Crippen molar-refractivity contribution in [3.63, 3.8) is 0 Å². The quantitative estimate of drug-likeness (QED) is 0.205. The van der Waals surface area contributed by atoms with Gasteiger partial charge in [-0.05, 0) is 25.0 Å². The van der Waals surface area contributed by atoms with Crippen molar-refractivity contribution in [1.29, 1.82) is 0 Å². The number of carbonyl (C=O) groups is 2. The first-order valence-corrected chi connectivity index (χ1v) is 8.83. The molecule has 0 saturated carbocycles. The predicted molar refractivity (Wildman–Crippen MR) is 90.2 cm³/mol. The van der Waals surface area contributed by atoms with E-state index in [1.807, 2.05) is 0 Å². The van der Waals surface area contributed by atoms with Gasteiger partial charge in [-0.15, -0.1) is 0 Å². The number of hydrogen-bond donors (Lipinski definition) is 2. The maximum atomic E-state index is 13.7. The topological polar surface area (TPSA) is 75.6 Å². The van der Waals surface area contributed by atoms with Crippen molar-refractivity contribution in [2.45, 2.75) is 63.3 Å². The van der Waals surface area contributed by atoms with Crippen molar-refractivity contribution in [1.82, 2.24) is 5.48 Å². The Hall–Kier alpha value is -2.30. The minimum atomic E-state index is -4.24. The fourth-order valence-electron chi connectivity index (χ4n) is 2.44. The lowest BCUT2D eigenvalue weighted by Crippen LogP contribution is -2.46. The number of unbranched alkanes of at least 4 members (excludes halogenated alkanes) is 4. The summed E-state index contributed by atoms with van der Waals surface area (Å²) in [4.78, 5) is 26.9. The van der Waals surface area contributed by atoms with E-state index in [4.69, 9.17) is 5.11 Å². The Morgan fingerprint density at radius 1 is 0.966 bits per heavy atom. The van der Waals surface area contributed by atoms with Crippen molar-refractivity contribution in [3.8, 4) is 0 Å². The molecule has 11 heteroatoms. The van der Waals surface area contributed by atoms with Crippen LogP contribution in [0.25, 0.3) is 0 Å². The van der Waals surface area contributed by atoms with E-state index in [2.05, 4.69) is 4.84 Å². The second-order valence-corrected chi connectivity index (χ2v) is 6.35. The van der Waals surface area contributed by atoms with Gasteiger partial charge in [0.15, 0.2) is 6.17 Å². The molecule has 0 fully saturated rings. The molecule has 164 valence electrons. The Morgan fingerprint density at radius 3 is 2.10 bits per heavy atom. The number of halogens is 6. The summed E-state index contributed by atoms with van der Waals surface area (Å²) in [6, 6.07) is 0.530. The highest BCUT2D eigenvalue weighted by molar-refractivity contribution is 6.02. The van der Waals surface area contributed by atoms with Gasteiger partial charge in [-0.1, -0.05) is 43.3 Å². The summed E-state index contributed by atoms with van der Waals surface area (Å²) in [5.41, 5.74) is 0.0692.